The highest BCUT2D eigenvalue weighted by atomic mass is 32.2. The fourth-order valence-electron chi connectivity index (χ4n) is 3.87. The molecule has 0 aromatic heterocycles. The average Bonchev–Trinajstić information content (AvgIpc) is 3.07. The molecule has 0 saturated heterocycles. The minimum absolute atomic E-state index is 0.0433. The van der Waals surface area contributed by atoms with E-state index in [1.165, 1.54) is 11.8 Å². The Hall–Kier alpha value is -3.12. The molecule has 2 aliphatic heterocycles. The number of benzene rings is 3. The molecule has 0 fully saturated rings. The van der Waals surface area contributed by atoms with E-state index in [-0.39, 0.29) is 11.9 Å². The van der Waals surface area contributed by atoms with Gasteiger partial charge in [-0.05, 0) is 35.9 Å². The molecular formula is C25H23NO4S. The fraction of sp³-hybridized carbons (Fsp3) is 0.240. The van der Waals surface area contributed by atoms with Crippen LogP contribution in [0.15, 0.2) is 77.7 Å². The van der Waals surface area contributed by atoms with Crippen LogP contribution >= 0.6 is 11.8 Å². The number of hydrogen-bond donors (Lipinski definition) is 0. The molecule has 3 aromatic carbocycles. The van der Waals surface area contributed by atoms with E-state index in [2.05, 4.69) is 0 Å². The number of anilines is 1. The fourth-order valence-corrected chi connectivity index (χ4v) is 4.65. The molecule has 158 valence electrons. The van der Waals surface area contributed by atoms with Crippen LogP contribution in [-0.4, -0.2) is 31.5 Å². The van der Waals surface area contributed by atoms with E-state index in [0.29, 0.717) is 25.6 Å². The van der Waals surface area contributed by atoms with Crippen LogP contribution < -0.4 is 19.1 Å². The number of thioether (sulfide) groups is 1. The Morgan fingerprint density at radius 2 is 1.65 bits per heavy atom. The molecule has 3 aromatic rings. The number of ether oxygens (including phenoxy) is 3. The number of hydrogen-bond acceptors (Lipinski definition) is 5. The summed E-state index contributed by atoms with van der Waals surface area (Å²) in [5.41, 5.74) is 1.87. The third-order valence-corrected chi connectivity index (χ3v) is 6.35. The number of fused-ring (bicyclic) bond motifs is 2. The van der Waals surface area contributed by atoms with E-state index in [1.807, 2.05) is 77.7 Å². The van der Waals surface area contributed by atoms with Gasteiger partial charge in [0.15, 0.2) is 11.5 Å². The van der Waals surface area contributed by atoms with Gasteiger partial charge in [-0.15, -0.1) is 11.8 Å². The second-order valence-electron chi connectivity index (χ2n) is 7.42. The van der Waals surface area contributed by atoms with E-state index in [4.69, 9.17) is 14.2 Å². The first-order valence-electron chi connectivity index (χ1n) is 10.4. The lowest BCUT2D eigenvalue weighted by Gasteiger charge is -2.37. The number of rotatable bonds is 4. The van der Waals surface area contributed by atoms with Gasteiger partial charge in [-0.2, -0.15) is 0 Å². The maximum atomic E-state index is 13.5. The third-order valence-electron chi connectivity index (χ3n) is 5.37. The Balaban J connectivity index is 1.38. The second-order valence-corrected chi connectivity index (χ2v) is 8.47. The lowest BCUT2D eigenvalue weighted by Crippen LogP contribution is -2.42. The maximum Gasteiger partial charge on any atom is 0.238 e. The molecular weight excluding hydrogens is 410 g/mol. The summed E-state index contributed by atoms with van der Waals surface area (Å²) in [5, 5.41) is 0. The molecule has 0 saturated carbocycles. The van der Waals surface area contributed by atoms with Crippen molar-refractivity contribution in [3.05, 3.63) is 78.4 Å². The summed E-state index contributed by atoms with van der Waals surface area (Å²) in [7, 11) is 0. The summed E-state index contributed by atoms with van der Waals surface area (Å²) in [6.45, 7) is 1.74. The normalized spacial score (nSPS) is 17.3. The number of carbonyl (C=O) groups excluding carboxylic acids is 1. The summed E-state index contributed by atoms with van der Waals surface area (Å²) < 4.78 is 17.5. The standard InChI is InChI=1S/C25H23NO4S/c27-25(17-31-19-11-12-23-24(15-19)29-14-6-13-28-23)26-20-9-4-5-10-22(20)30-16-21(26)18-7-2-1-3-8-18/h1-5,7-12,15,21H,6,13-14,16-17H2. The number of carbonyl (C=O) groups is 1. The molecule has 1 unspecified atom stereocenters. The number of nitrogens with zero attached hydrogens (tertiary/aromatic N) is 1. The van der Waals surface area contributed by atoms with Crippen LogP contribution in [0, 0.1) is 0 Å². The van der Waals surface area contributed by atoms with Crippen molar-refractivity contribution in [2.45, 2.75) is 17.4 Å². The van der Waals surface area contributed by atoms with Crippen molar-refractivity contribution < 1.29 is 19.0 Å². The Kier molecular flexibility index (Phi) is 5.71. The second kappa shape index (κ2) is 8.94. The van der Waals surface area contributed by atoms with E-state index < -0.39 is 0 Å². The number of amides is 1. The lowest BCUT2D eigenvalue weighted by atomic mass is 10.0. The summed E-state index contributed by atoms with van der Waals surface area (Å²) >= 11 is 1.51. The average molecular weight is 434 g/mol. The SMILES string of the molecule is O=C(CSc1ccc2c(c1)OCCCO2)N1c2ccccc2OCC1c1ccccc1. The van der Waals surface area contributed by atoms with Crippen molar-refractivity contribution in [3.63, 3.8) is 0 Å². The molecule has 2 heterocycles. The zero-order valence-electron chi connectivity index (χ0n) is 17.0. The van der Waals surface area contributed by atoms with E-state index in [1.54, 1.807) is 0 Å². The van der Waals surface area contributed by atoms with E-state index >= 15 is 0 Å². The first-order valence-corrected chi connectivity index (χ1v) is 11.4. The summed E-state index contributed by atoms with van der Waals surface area (Å²) in [4.78, 5) is 16.3. The topological polar surface area (TPSA) is 48.0 Å². The van der Waals surface area contributed by atoms with Gasteiger partial charge in [-0.25, -0.2) is 0 Å². The Bertz CT molecular complexity index is 1070. The molecule has 1 atom stereocenters. The monoisotopic (exact) mass is 433 g/mol. The van der Waals surface area contributed by atoms with E-state index in [9.17, 15) is 4.79 Å². The molecule has 0 bridgehead atoms. The molecule has 6 heteroatoms. The summed E-state index contributed by atoms with van der Waals surface area (Å²) in [5.74, 6) is 2.61. The van der Waals surface area contributed by atoms with Crippen molar-refractivity contribution in [3.8, 4) is 17.2 Å². The van der Waals surface area contributed by atoms with Crippen LogP contribution in [0.2, 0.25) is 0 Å². The molecule has 0 aliphatic carbocycles. The molecule has 1 amide bonds. The van der Waals surface area contributed by atoms with Gasteiger partial charge in [-0.1, -0.05) is 42.5 Å². The highest BCUT2D eigenvalue weighted by molar-refractivity contribution is 8.00. The maximum absolute atomic E-state index is 13.5. The van der Waals surface area contributed by atoms with Gasteiger partial charge >= 0.3 is 0 Å². The third kappa shape index (κ3) is 4.21. The molecule has 0 N–H and O–H groups in total. The van der Waals surface area contributed by atoms with Crippen LogP contribution in [0.3, 0.4) is 0 Å². The van der Waals surface area contributed by atoms with Gasteiger partial charge < -0.3 is 14.2 Å². The largest absolute Gasteiger partial charge is 0.490 e. The molecule has 2 aliphatic rings. The highest BCUT2D eigenvalue weighted by Gasteiger charge is 2.33. The van der Waals surface area contributed by atoms with E-state index in [0.717, 1.165) is 39.8 Å². The van der Waals surface area contributed by atoms with Crippen molar-refractivity contribution in [2.75, 3.05) is 30.5 Å². The lowest BCUT2D eigenvalue weighted by molar-refractivity contribution is -0.117. The van der Waals surface area contributed by atoms with Gasteiger partial charge in [0.2, 0.25) is 5.91 Å². The highest BCUT2D eigenvalue weighted by Crippen LogP contribution is 2.40. The predicted molar refractivity (Wildman–Crippen MR) is 121 cm³/mol. The smallest absolute Gasteiger partial charge is 0.238 e. The predicted octanol–water partition coefficient (Wildman–Crippen LogP) is 5.11. The minimum Gasteiger partial charge on any atom is -0.490 e. The van der Waals surface area contributed by atoms with Crippen molar-refractivity contribution in [1.29, 1.82) is 0 Å². The molecule has 31 heavy (non-hydrogen) atoms. The Morgan fingerprint density at radius 3 is 2.52 bits per heavy atom. The Morgan fingerprint density at radius 1 is 0.871 bits per heavy atom. The van der Waals surface area contributed by atoms with Gasteiger partial charge in [0.1, 0.15) is 12.4 Å². The summed E-state index contributed by atoms with van der Waals surface area (Å²) in [6, 6.07) is 23.5. The first kappa shape index (κ1) is 19.8. The summed E-state index contributed by atoms with van der Waals surface area (Å²) in [6.07, 6.45) is 0.868. The van der Waals surface area contributed by atoms with Crippen molar-refractivity contribution >= 4 is 23.4 Å². The first-order chi connectivity index (χ1) is 15.3. The van der Waals surface area contributed by atoms with Crippen molar-refractivity contribution in [2.24, 2.45) is 0 Å². The van der Waals surface area contributed by atoms with Gasteiger partial charge in [-0.3, -0.25) is 9.69 Å². The van der Waals surface area contributed by atoms with Crippen LogP contribution in [-0.2, 0) is 4.79 Å². The molecule has 0 spiro atoms. The minimum atomic E-state index is -0.159. The van der Waals surface area contributed by atoms with Crippen LogP contribution in [0.4, 0.5) is 5.69 Å². The Labute approximate surface area is 185 Å². The van der Waals surface area contributed by atoms with Gasteiger partial charge in [0, 0.05) is 11.3 Å². The quantitative estimate of drug-likeness (QED) is 0.536. The number of para-hydroxylation sites is 2. The van der Waals surface area contributed by atoms with Gasteiger partial charge in [0.25, 0.3) is 0 Å². The van der Waals surface area contributed by atoms with Crippen molar-refractivity contribution in [1.82, 2.24) is 0 Å². The van der Waals surface area contributed by atoms with Crippen LogP contribution in [0.1, 0.15) is 18.0 Å². The zero-order valence-corrected chi connectivity index (χ0v) is 17.8. The molecule has 5 rings (SSSR count). The van der Waals surface area contributed by atoms with Gasteiger partial charge in [0.05, 0.1) is 30.7 Å². The van der Waals surface area contributed by atoms with Crippen LogP contribution in [0.5, 0.6) is 17.2 Å². The zero-order chi connectivity index (χ0) is 21.0. The van der Waals surface area contributed by atoms with Crippen LogP contribution in [0.25, 0.3) is 0 Å². The molecule has 5 nitrogen and oxygen atoms in total. The molecule has 0 radical (unpaired) electrons.